The van der Waals surface area contributed by atoms with E-state index in [-0.39, 0.29) is 17.7 Å². The number of aryl methyl sites for hydroxylation is 1. The molecule has 0 saturated heterocycles. The highest BCUT2D eigenvalue weighted by molar-refractivity contribution is 8.00. The molecule has 6 heteroatoms. The van der Waals surface area contributed by atoms with Gasteiger partial charge in [-0.25, -0.2) is 4.98 Å². The molecule has 1 aromatic carbocycles. The van der Waals surface area contributed by atoms with Crippen molar-refractivity contribution in [3.63, 3.8) is 0 Å². The third-order valence-electron chi connectivity index (χ3n) is 3.61. The molecule has 1 amide bonds. The molecule has 3 aromatic rings. The van der Waals surface area contributed by atoms with Gasteiger partial charge >= 0.3 is 0 Å². The fourth-order valence-corrected chi connectivity index (χ4v) is 4.13. The van der Waals surface area contributed by atoms with E-state index < -0.39 is 0 Å². The standard InChI is InChI=1S/C19H17ClN2OS2/c1-13-6-8-14(9-7-13)18(16-5-3-11-24-16)22-17(23)12-25-19-15(20)4-2-10-21-19/h2-11,18H,12H2,1H3,(H,22,23). The van der Waals surface area contributed by atoms with E-state index in [2.05, 4.69) is 41.5 Å². The molecule has 0 aliphatic rings. The number of hydrogen-bond donors (Lipinski definition) is 1. The Kier molecular flexibility index (Phi) is 6.13. The third-order valence-corrected chi connectivity index (χ3v) is 5.97. The maximum atomic E-state index is 12.5. The number of nitrogens with zero attached hydrogens (tertiary/aromatic N) is 1. The minimum absolute atomic E-state index is 0.0503. The highest BCUT2D eigenvalue weighted by Crippen LogP contribution is 2.27. The van der Waals surface area contributed by atoms with Crippen LogP contribution >= 0.6 is 34.7 Å². The van der Waals surface area contributed by atoms with Gasteiger partial charge in [0, 0.05) is 11.1 Å². The first-order chi connectivity index (χ1) is 12.1. The lowest BCUT2D eigenvalue weighted by Gasteiger charge is -2.18. The lowest BCUT2D eigenvalue weighted by molar-refractivity contribution is -0.119. The molecule has 128 valence electrons. The van der Waals surface area contributed by atoms with Crippen LogP contribution in [0, 0.1) is 6.92 Å². The van der Waals surface area contributed by atoms with Gasteiger partial charge in [0.2, 0.25) is 5.91 Å². The number of aromatic nitrogens is 1. The normalized spacial score (nSPS) is 11.9. The molecule has 0 radical (unpaired) electrons. The van der Waals surface area contributed by atoms with Crippen molar-refractivity contribution in [1.29, 1.82) is 0 Å². The van der Waals surface area contributed by atoms with Crippen LogP contribution in [0.2, 0.25) is 5.02 Å². The average molecular weight is 389 g/mol. The van der Waals surface area contributed by atoms with Gasteiger partial charge in [0.05, 0.1) is 16.8 Å². The van der Waals surface area contributed by atoms with Gasteiger partial charge in [-0.3, -0.25) is 4.79 Å². The van der Waals surface area contributed by atoms with Crippen molar-refractivity contribution in [1.82, 2.24) is 10.3 Å². The molecular weight excluding hydrogens is 372 g/mol. The third kappa shape index (κ3) is 4.84. The van der Waals surface area contributed by atoms with Gasteiger partial charge in [0.15, 0.2) is 0 Å². The largest absolute Gasteiger partial charge is 0.344 e. The summed E-state index contributed by atoms with van der Waals surface area (Å²) in [5, 5.41) is 6.38. The average Bonchev–Trinajstić information content (AvgIpc) is 3.14. The lowest BCUT2D eigenvalue weighted by atomic mass is 10.0. The quantitative estimate of drug-likeness (QED) is 0.597. The molecule has 0 aliphatic heterocycles. The number of rotatable bonds is 6. The second kappa shape index (κ2) is 8.52. The molecule has 25 heavy (non-hydrogen) atoms. The van der Waals surface area contributed by atoms with E-state index in [1.54, 1.807) is 29.7 Å². The number of carbonyl (C=O) groups excluding carboxylic acids is 1. The Hall–Kier alpha value is -1.82. The van der Waals surface area contributed by atoms with Gasteiger partial charge in [0.1, 0.15) is 5.03 Å². The minimum atomic E-state index is -0.145. The zero-order chi connectivity index (χ0) is 17.6. The van der Waals surface area contributed by atoms with E-state index in [9.17, 15) is 4.79 Å². The minimum Gasteiger partial charge on any atom is -0.344 e. The SMILES string of the molecule is Cc1ccc(C(NC(=O)CSc2ncccc2Cl)c2cccs2)cc1. The summed E-state index contributed by atoms with van der Waals surface area (Å²) >= 11 is 9.07. The molecule has 0 saturated carbocycles. The van der Waals surface area contributed by atoms with Gasteiger partial charge < -0.3 is 5.32 Å². The van der Waals surface area contributed by atoms with Crippen LogP contribution in [-0.2, 0) is 4.79 Å². The molecule has 2 heterocycles. The Morgan fingerprint density at radius 1 is 1.24 bits per heavy atom. The summed E-state index contributed by atoms with van der Waals surface area (Å²) in [6, 6.07) is 15.7. The van der Waals surface area contributed by atoms with Gasteiger partial charge in [-0.2, -0.15) is 0 Å². The molecule has 0 spiro atoms. The van der Waals surface area contributed by atoms with Crippen LogP contribution in [0.5, 0.6) is 0 Å². The molecule has 0 bridgehead atoms. The van der Waals surface area contributed by atoms with Crippen LogP contribution in [0.25, 0.3) is 0 Å². The maximum absolute atomic E-state index is 12.5. The number of amides is 1. The number of benzene rings is 1. The predicted molar refractivity (Wildman–Crippen MR) is 105 cm³/mol. The number of hydrogen-bond acceptors (Lipinski definition) is 4. The summed E-state index contributed by atoms with van der Waals surface area (Å²) in [7, 11) is 0. The van der Waals surface area contributed by atoms with Crippen molar-refractivity contribution in [2.24, 2.45) is 0 Å². The van der Waals surface area contributed by atoms with Crippen LogP contribution in [0.3, 0.4) is 0 Å². The fourth-order valence-electron chi connectivity index (χ4n) is 2.35. The van der Waals surface area contributed by atoms with Crippen molar-refractivity contribution in [3.05, 3.63) is 81.1 Å². The molecular formula is C19H17ClN2OS2. The number of halogens is 1. The second-order valence-corrected chi connectivity index (χ2v) is 7.86. The Balaban J connectivity index is 1.71. The molecule has 3 rings (SSSR count). The molecule has 2 aromatic heterocycles. The van der Waals surface area contributed by atoms with Crippen molar-refractivity contribution in [2.45, 2.75) is 18.0 Å². The molecule has 0 fully saturated rings. The summed E-state index contributed by atoms with van der Waals surface area (Å²) in [5.41, 5.74) is 2.27. The summed E-state index contributed by atoms with van der Waals surface area (Å²) < 4.78 is 0. The zero-order valence-electron chi connectivity index (χ0n) is 13.6. The smallest absolute Gasteiger partial charge is 0.231 e. The number of carbonyl (C=O) groups is 1. The summed E-state index contributed by atoms with van der Waals surface area (Å²) in [6.07, 6.45) is 1.67. The summed E-state index contributed by atoms with van der Waals surface area (Å²) in [6.45, 7) is 2.05. The maximum Gasteiger partial charge on any atom is 0.231 e. The Morgan fingerprint density at radius 3 is 2.72 bits per heavy atom. The van der Waals surface area contributed by atoms with Crippen LogP contribution in [0.15, 0.2) is 65.1 Å². The molecule has 1 atom stereocenters. The molecule has 1 N–H and O–H groups in total. The van der Waals surface area contributed by atoms with Crippen LogP contribution < -0.4 is 5.32 Å². The Labute approximate surface area is 160 Å². The number of thiophene rings is 1. The second-order valence-electron chi connectivity index (χ2n) is 5.51. The van der Waals surface area contributed by atoms with E-state index in [1.165, 1.54) is 17.3 Å². The number of pyridine rings is 1. The first-order valence-corrected chi connectivity index (χ1v) is 10.0. The molecule has 3 nitrogen and oxygen atoms in total. The van der Waals surface area contributed by atoms with E-state index in [4.69, 9.17) is 11.6 Å². The van der Waals surface area contributed by atoms with Gasteiger partial charge in [-0.1, -0.05) is 59.3 Å². The highest BCUT2D eigenvalue weighted by Gasteiger charge is 2.18. The van der Waals surface area contributed by atoms with Crippen molar-refractivity contribution in [3.8, 4) is 0 Å². The monoisotopic (exact) mass is 388 g/mol. The summed E-state index contributed by atoms with van der Waals surface area (Å²) in [4.78, 5) is 17.8. The van der Waals surface area contributed by atoms with Gasteiger partial charge in [0.25, 0.3) is 0 Å². The highest BCUT2D eigenvalue weighted by atomic mass is 35.5. The number of nitrogens with one attached hydrogen (secondary N) is 1. The van der Waals surface area contributed by atoms with Gasteiger partial charge in [-0.05, 0) is 36.1 Å². The molecule has 0 aliphatic carbocycles. The zero-order valence-corrected chi connectivity index (χ0v) is 16.0. The predicted octanol–water partition coefficient (Wildman–Crippen LogP) is 5.10. The number of thioether (sulfide) groups is 1. The van der Waals surface area contributed by atoms with E-state index in [1.807, 2.05) is 17.5 Å². The van der Waals surface area contributed by atoms with E-state index in [0.29, 0.717) is 10.0 Å². The van der Waals surface area contributed by atoms with E-state index >= 15 is 0 Å². The Morgan fingerprint density at radius 2 is 2.04 bits per heavy atom. The lowest BCUT2D eigenvalue weighted by Crippen LogP contribution is -2.30. The van der Waals surface area contributed by atoms with Crippen molar-refractivity contribution >= 4 is 40.6 Å². The van der Waals surface area contributed by atoms with Crippen LogP contribution in [-0.4, -0.2) is 16.6 Å². The first kappa shape index (κ1) is 18.0. The topological polar surface area (TPSA) is 42.0 Å². The van der Waals surface area contributed by atoms with Crippen molar-refractivity contribution in [2.75, 3.05) is 5.75 Å². The van der Waals surface area contributed by atoms with E-state index in [0.717, 1.165) is 10.4 Å². The summed E-state index contributed by atoms with van der Waals surface area (Å²) in [5.74, 6) is 0.218. The Bertz CT molecular complexity index is 835. The van der Waals surface area contributed by atoms with Crippen molar-refractivity contribution < 1.29 is 4.79 Å². The molecule has 1 unspecified atom stereocenters. The fraction of sp³-hybridized carbons (Fsp3) is 0.158. The van der Waals surface area contributed by atoms with Crippen LogP contribution in [0.4, 0.5) is 0 Å². The van der Waals surface area contributed by atoms with Gasteiger partial charge in [-0.15, -0.1) is 11.3 Å². The van der Waals surface area contributed by atoms with Crippen LogP contribution in [0.1, 0.15) is 22.0 Å². The first-order valence-electron chi connectivity index (χ1n) is 7.76.